The van der Waals surface area contributed by atoms with Crippen LogP contribution in [0.25, 0.3) is 0 Å². The third-order valence-corrected chi connectivity index (χ3v) is 2.20. The number of nitrogens with one attached hydrogen (secondary N) is 1. The van der Waals surface area contributed by atoms with E-state index in [1.807, 2.05) is 6.92 Å². The van der Waals surface area contributed by atoms with Gasteiger partial charge in [0.2, 0.25) is 0 Å². The van der Waals surface area contributed by atoms with Crippen LogP contribution < -0.4 is 5.32 Å². The third-order valence-electron chi connectivity index (χ3n) is 2.20. The van der Waals surface area contributed by atoms with Gasteiger partial charge in [-0.1, -0.05) is 0 Å². The van der Waals surface area contributed by atoms with Crippen LogP contribution in [0.4, 0.5) is 13.2 Å². The first-order chi connectivity index (χ1) is 6.39. The number of hydrogen-bond acceptors (Lipinski definition) is 2. The maximum atomic E-state index is 11.9. The van der Waals surface area contributed by atoms with Gasteiger partial charge in [-0.15, -0.1) is 0 Å². The van der Waals surface area contributed by atoms with Gasteiger partial charge in [-0.2, -0.15) is 13.2 Å². The van der Waals surface area contributed by atoms with Crippen molar-refractivity contribution in [3.05, 3.63) is 0 Å². The second kappa shape index (κ2) is 6.24. The van der Waals surface area contributed by atoms with Crippen molar-refractivity contribution in [2.75, 3.05) is 14.2 Å². The minimum Gasteiger partial charge on any atom is -0.382 e. The summed E-state index contributed by atoms with van der Waals surface area (Å²) in [6.07, 6.45) is -4.11. The first-order valence-electron chi connectivity index (χ1n) is 4.66. The molecule has 2 atom stereocenters. The zero-order valence-electron chi connectivity index (χ0n) is 8.82. The molecule has 0 aromatic rings. The van der Waals surface area contributed by atoms with E-state index in [-0.39, 0.29) is 18.6 Å². The summed E-state index contributed by atoms with van der Waals surface area (Å²) >= 11 is 0. The van der Waals surface area contributed by atoms with Gasteiger partial charge in [-0.3, -0.25) is 0 Å². The number of rotatable bonds is 6. The molecule has 0 amide bonds. The van der Waals surface area contributed by atoms with Crippen LogP contribution in [0.1, 0.15) is 26.2 Å². The predicted molar refractivity (Wildman–Crippen MR) is 49.2 cm³/mol. The highest BCUT2D eigenvalue weighted by Gasteiger charge is 2.28. The highest BCUT2D eigenvalue weighted by Crippen LogP contribution is 2.23. The molecule has 0 spiro atoms. The lowest BCUT2D eigenvalue weighted by molar-refractivity contribution is -0.137. The van der Waals surface area contributed by atoms with Crippen molar-refractivity contribution in [3.63, 3.8) is 0 Å². The molecule has 0 aromatic heterocycles. The molecular weight excluding hydrogens is 195 g/mol. The summed E-state index contributed by atoms with van der Waals surface area (Å²) in [4.78, 5) is 0. The molecule has 0 rings (SSSR count). The fraction of sp³-hybridized carbons (Fsp3) is 1.00. The monoisotopic (exact) mass is 213 g/mol. The Morgan fingerprint density at radius 3 is 2.29 bits per heavy atom. The van der Waals surface area contributed by atoms with E-state index in [0.29, 0.717) is 6.42 Å². The van der Waals surface area contributed by atoms with Gasteiger partial charge >= 0.3 is 6.18 Å². The van der Waals surface area contributed by atoms with Crippen LogP contribution in [0.5, 0.6) is 0 Å². The predicted octanol–water partition coefficient (Wildman–Crippen LogP) is 2.34. The molecule has 1 N–H and O–H groups in total. The average Bonchev–Trinajstić information content (AvgIpc) is 2.10. The molecule has 0 saturated carbocycles. The zero-order chi connectivity index (χ0) is 11.2. The maximum absolute atomic E-state index is 11.9. The van der Waals surface area contributed by atoms with Crippen molar-refractivity contribution in [1.29, 1.82) is 0 Å². The van der Waals surface area contributed by atoms with Crippen LogP contribution in [0, 0.1) is 0 Å². The standard InChI is InChI=1S/C9H18F3NO/c1-7(14-3)6-8(13-2)4-5-9(10,11)12/h7-8,13H,4-6H2,1-3H3. The Balaban J connectivity index is 3.80. The molecule has 0 aliphatic carbocycles. The highest BCUT2D eigenvalue weighted by molar-refractivity contribution is 4.70. The summed E-state index contributed by atoms with van der Waals surface area (Å²) in [5, 5.41) is 2.86. The Morgan fingerprint density at radius 1 is 1.36 bits per heavy atom. The minimum absolute atomic E-state index is 0.0133. The summed E-state index contributed by atoms with van der Waals surface area (Å²) < 4.78 is 40.7. The lowest BCUT2D eigenvalue weighted by Crippen LogP contribution is -2.30. The molecule has 0 fully saturated rings. The van der Waals surface area contributed by atoms with Gasteiger partial charge < -0.3 is 10.1 Å². The SMILES string of the molecule is CNC(CCC(F)(F)F)CC(C)OC. The fourth-order valence-corrected chi connectivity index (χ4v) is 1.21. The summed E-state index contributed by atoms with van der Waals surface area (Å²) in [7, 11) is 3.23. The molecule has 2 nitrogen and oxygen atoms in total. The van der Waals surface area contributed by atoms with Gasteiger partial charge in [-0.05, 0) is 26.8 Å². The molecule has 0 saturated heterocycles. The summed E-state index contributed by atoms with van der Waals surface area (Å²) in [5.41, 5.74) is 0. The Morgan fingerprint density at radius 2 is 1.93 bits per heavy atom. The van der Waals surface area contributed by atoms with Crippen LogP contribution in [0.3, 0.4) is 0 Å². The van der Waals surface area contributed by atoms with Crippen LogP contribution >= 0.6 is 0 Å². The molecule has 0 aliphatic heterocycles. The first-order valence-corrected chi connectivity index (χ1v) is 4.66. The molecule has 14 heavy (non-hydrogen) atoms. The van der Waals surface area contributed by atoms with E-state index in [0.717, 1.165) is 0 Å². The van der Waals surface area contributed by atoms with E-state index in [1.54, 1.807) is 14.2 Å². The number of methoxy groups -OCH3 is 1. The first kappa shape index (κ1) is 13.7. The average molecular weight is 213 g/mol. The van der Waals surface area contributed by atoms with Crippen molar-refractivity contribution >= 4 is 0 Å². The normalized spacial score (nSPS) is 16.7. The van der Waals surface area contributed by atoms with Gasteiger partial charge in [0, 0.05) is 19.6 Å². The van der Waals surface area contributed by atoms with Crippen molar-refractivity contribution in [1.82, 2.24) is 5.32 Å². The molecule has 0 radical (unpaired) electrons. The Hall–Kier alpha value is -0.290. The third kappa shape index (κ3) is 7.15. The minimum atomic E-state index is -4.06. The van der Waals surface area contributed by atoms with E-state index >= 15 is 0 Å². The lowest BCUT2D eigenvalue weighted by atomic mass is 10.1. The molecular formula is C9H18F3NO. The smallest absolute Gasteiger partial charge is 0.382 e. The van der Waals surface area contributed by atoms with Crippen LogP contribution in [-0.2, 0) is 4.74 Å². The second-order valence-corrected chi connectivity index (χ2v) is 3.42. The van der Waals surface area contributed by atoms with Crippen molar-refractivity contribution in [3.8, 4) is 0 Å². The zero-order valence-corrected chi connectivity index (χ0v) is 8.82. The Kier molecular flexibility index (Phi) is 6.11. The van der Waals surface area contributed by atoms with Crippen LogP contribution in [-0.4, -0.2) is 32.5 Å². The maximum Gasteiger partial charge on any atom is 0.389 e. The number of alkyl halides is 3. The summed E-state index contributed by atoms with van der Waals surface area (Å²) in [6, 6.07) is -0.133. The van der Waals surface area contributed by atoms with E-state index in [1.165, 1.54) is 0 Å². The fourth-order valence-electron chi connectivity index (χ4n) is 1.21. The Labute approximate surface area is 82.8 Å². The topological polar surface area (TPSA) is 21.3 Å². The molecule has 86 valence electrons. The molecule has 0 heterocycles. The molecule has 2 unspecified atom stereocenters. The van der Waals surface area contributed by atoms with E-state index in [2.05, 4.69) is 5.32 Å². The number of hydrogen-bond donors (Lipinski definition) is 1. The Bertz CT molecular complexity index is 149. The lowest BCUT2D eigenvalue weighted by Gasteiger charge is -2.20. The summed E-state index contributed by atoms with van der Waals surface area (Å²) in [6.45, 7) is 1.85. The quantitative estimate of drug-likeness (QED) is 0.731. The molecule has 5 heteroatoms. The van der Waals surface area contributed by atoms with Gasteiger partial charge in [0.25, 0.3) is 0 Å². The highest BCUT2D eigenvalue weighted by atomic mass is 19.4. The second-order valence-electron chi connectivity index (χ2n) is 3.42. The van der Waals surface area contributed by atoms with E-state index < -0.39 is 12.6 Å². The largest absolute Gasteiger partial charge is 0.389 e. The van der Waals surface area contributed by atoms with Crippen molar-refractivity contribution < 1.29 is 17.9 Å². The van der Waals surface area contributed by atoms with Crippen LogP contribution in [0.15, 0.2) is 0 Å². The van der Waals surface area contributed by atoms with E-state index in [4.69, 9.17) is 4.74 Å². The van der Waals surface area contributed by atoms with Crippen molar-refractivity contribution in [2.45, 2.75) is 44.5 Å². The number of ether oxygens (including phenoxy) is 1. The van der Waals surface area contributed by atoms with Gasteiger partial charge in [0.1, 0.15) is 0 Å². The molecule has 0 bridgehead atoms. The summed E-state index contributed by atoms with van der Waals surface area (Å²) in [5.74, 6) is 0. The van der Waals surface area contributed by atoms with Gasteiger partial charge in [-0.25, -0.2) is 0 Å². The molecule has 0 aromatic carbocycles. The van der Waals surface area contributed by atoms with Gasteiger partial charge in [0.05, 0.1) is 6.10 Å². The van der Waals surface area contributed by atoms with Crippen LogP contribution in [0.2, 0.25) is 0 Å². The van der Waals surface area contributed by atoms with Gasteiger partial charge in [0.15, 0.2) is 0 Å². The van der Waals surface area contributed by atoms with E-state index in [9.17, 15) is 13.2 Å². The number of halogens is 3. The molecule has 0 aliphatic rings. The van der Waals surface area contributed by atoms with Crippen molar-refractivity contribution in [2.24, 2.45) is 0 Å².